The normalized spacial score (nSPS) is 20.5. The van der Waals surface area contributed by atoms with Crippen molar-refractivity contribution in [3.8, 4) is 5.75 Å². The van der Waals surface area contributed by atoms with Gasteiger partial charge in [0.1, 0.15) is 11.9 Å². The molecule has 2 heterocycles. The van der Waals surface area contributed by atoms with Crippen LogP contribution >= 0.6 is 0 Å². The molecule has 0 bridgehead atoms. The van der Waals surface area contributed by atoms with Crippen LogP contribution in [0.2, 0.25) is 0 Å². The molecule has 4 rings (SSSR count). The summed E-state index contributed by atoms with van der Waals surface area (Å²) in [6.45, 7) is 5.77. The predicted octanol–water partition coefficient (Wildman–Crippen LogP) is 2.64. The topological polar surface area (TPSA) is 66.0 Å². The Hall–Kier alpha value is -3.02. The highest BCUT2D eigenvalue weighted by Gasteiger charge is 2.29. The van der Waals surface area contributed by atoms with E-state index in [1.54, 1.807) is 0 Å². The zero-order valence-electron chi connectivity index (χ0n) is 18.2. The third-order valence-electron chi connectivity index (χ3n) is 5.87. The second-order valence-corrected chi connectivity index (χ2v) is 8.30. The van der Waals surface area contributed by atoms with E-state index in [0.717, 1.165) is 44.2 Å². The van der Waals surface area contributed by atoms with Crippen molar-refractivity contribution in [2.45, 2.75) is 32.3 Å². The van der Waals surface area contributed by atoms with E-state index < -0.39 is 0 Å². The lowest BCUT2D eigenvalue weighted by Gasteiger charge is -2.17. The number of benzene rings is 2. The Balaban J connectivity index is 1.24. The average molecular weight is 421 g/mol. The maximum absolute atomic E-state index is 12.4. The van der Waals surface area contributed by atoms with E-state index in [-0.39, 0.29) is 17.9 Å². The molecule has 2 aromatic carbocycles. The van der Waals surface area contributed by atoms with Gasteiger partial charge in [-0.3, -0.25) is 9.79 Å². The molecule has 2 aromatic rings. The lowest BCUT2D eigenvalue weighted by Crippen LogP contribution is -2.42. The smallest absolute Gasteiger partial charge is 0.223 e. The van der Waals surface area contributed by atoms with Gasteiger partial charge in [0.15, 0.2) is 5.96 Å². The summed E-state index contributed by atoms with van der Waals surface area (Å²) in [5, 5.41) is 6.71. The van der Waals surface area contributed by atoms with Crippen molar-refractivity contribution < 1.29 is 9.53 Å². The Kier molecular flexibility index (Phi) is 7.07. The largest absolute Gasteiger partial charge is 0.488 e. The molecular weight excluding hydrogens is 388 g/mol. The molecule has 0 radical (unpaired) electrons. The number of nitrogens with one attached hydrogen (secondary N) is 2. The SMILES string of the molecule is CCNC(=NCC1CC(=O)N(CCc2ccccc2)C1)NCC1Cc2ccccc2O1. The van der Waals surface area contributed by atoms with E-state index in [1.165, 1.54) is 11.1 Å². The van der Waals surface area contributed by atoms with Gasteiger partial charge in [-0.25, -0.2) is 0 Å². The number of guanidine groups is 1. The molecule has 0 aromatic heterocycles. The number of carbonyl (C=O) groups excluding carboxylic acids is 1. The zero-order chi connectivity index (χ0) is 21.5. The number of aliphatic imine (C=N–C) groups is 1. The first-order chi connectivity index (χ1) is 15.2. The molecule has 2 unspecified atom stereocenters. The highest BCUT2D eigenvalue weighted by Crippen LogP contribution is 2.27. The van der Waals surface area contributed by atoms with Gasteiger partial charge in [-0.05, 0) is 30.5 Å². The summed E-state index contributed by atoms with van der Waals surface area (Å²) < 4.78 is 6.01. The highest BCUT2D eigenvalue weighted by molar-refractivity contribution is 5.80. The van der Waals surface area contributed by atoms with Crippen molar-refractivity contribution in [1.29, 1.82) is 0 Å². The van der Waals surface area contributed by atoms with Gasteiger partial charge >= 0.3 is 0 Å². The third kappa shape index (κ3) is 5.78. The van der Waals surface area contributed by atoms with Crippen molar-refractivity contribution >= 4 is 11.9 Å². The summed E-state index contributed by atoms with van der Waals surface area (Å²) in [5.41, 5.74) is 2.53. The number of amides is 1. The Morgan fingerprint density at radius 1 is 1.10 bits per heavy atom. The monoisotopic (exact) mass is 420 g/mol. The van der Waals surface area contributed by atoms with Crippen LogP contribution in [0.1, 0.15) is 24.5 Å². The quantitative estimate of drug-likeness (QED) is 0.509. The lowest BCUT2D eigenvalue weighted by molar-refractivity contribution is -0.127. The number of para-hydroxylation sites is 1. The van der Waals surface area contributed by atoms with Crippen molar-refractivity contribution in [2.75, 3.05) is 32.7 Å². The van der Waals surface area contributed by atoms with Gasteiger partial charge in [-0.2, -0.15) is 0 Å². The maximum Gasteiger partial charge on any atom is 0.223 e. The van der Waals surface area contributed by atoms with Crippen LogP contribution in [0.5, 0.6) is 5.75 Å². The van der Waals surface area contributed by atoms with Crippen LogP contribution in [-0.4, -0.2) is 55.6 Å². The minimum Gasteiger partial charge on any atom is -0.488 e. The molecule has 1 amide bonds. The van der Waals surface area contributed by atoms with E-state index in [4.69, 9.17) is 9.73 Å². The van der Waals surface area contributed by atoms with Gasteiger partial charge in [-0.15, -0.1) is 0 Å². The number of ether oxygens (including phenoxy) is 1. The van der Waals surface area contributed by atoms with Gasteiger partial charge in [0, 0.05) is 44.9 Å². The number of carbonyl (C=O) groups is 1. The van der Waals surface area contributed by atoms with Crippen LogP contribution in [0.15, 0.2) is 59.6 Å². The van der Waals surface area contributed by atoms with Crippen molar-refractivity contribution in [3.05, 3.63) is 65.7 Å². The van der Waals surface area contributed by atoms with Crippen molar-refractivity contribution in [1.82, 2.24) is 15.5 Å². The van der Waals surface area contributed by atoms with Crippen LogP contribution in [0.3, 0.4) is 0 Å². The average Bonchev–Trinajstić information content (AvgIpc) is 3.37. The molecule has 1 fully saturated rings. The summed E-state index contributed by atoms with van der Waals surface area (Å²) in [6.07, 6.45) is 2.51. The first kappa shape index (κ1) is 21.2. The summed E-state index contributed by atoms with van der Waals surface area (Å²) in [4.78, 5) is 19.1. The highest BCUT2D eigenvalue weighted by atomic mass is 16.5. The molecule has 2 N–H and O–H groups in total. The first-order valence-corrected chi connectivity index (χ1v) is 11.3. The molecular formula is C25H32N4O2. The minimum atomic E-state index is 0.114. The van der Waals surface area contributed by atoms with Gasteiger partial charge in [-0.1, -0.05) is 48.5 Å². The Labute approximate surface area is 184 Å². The molecule has 164 valence electrons. The van der Waals surface area contributed by atoms with Crippen LogP contribution in [0.4, 0.5) is 0 Å². The van der Waals surface area contributed by atoms with E-state index in [0.29, 0.717) is 19.5 Å². The predicted molar refractivity (Wildman–Crippen MR) is 123 cm³/mol. The summed E-state index contributed by atoms with van der Waals surface area (Å²) in [6, 6.07) is 18.5. The van der Waals surface area contributed by atoms with Gasteiger partial charge < -0.3 is 20.3 Å². The van der Waals surface area contributed by atoms with E-state index in [2.05, 4.69) is 41.8 Å². The third-order valence-corrected chi connectivity index (χ3v) is 5.87. The van der Waals surface area contributed by atoms with Crippen LogP contribution < -0.4 is 15.4 Å². The van der Waals surface area contributed by atoms with Crippen LogP contribution in [0, 0.1) is 5.92 Å². The molecule has 2 atom stereocenters. The molecule has 0 spiro atoms. The van der Waals surface area contributed by atoms with Crippen LogP contribution in [0.25, 0.3) is 0 Å². The second-order valence-electron chi connectivity index (χ2n) is 8.30. The van der Waals surface area contributed by atoms with Gasteiger partial charge in [0.2, 0.25) is 5.91 Å². The molecule has 2 aliphatic heterocycles. The Morgan fingerprint density at radius 2 is 1.90 bits per heavy atom. The summed E-state index contributed by atoms with van der Waals surface area (Å²) in [5.74, 6) is 2.28. The maximum atomic E-state index is 12.4. The number of nitrogens with zero attached hydrogens (tertiary/aromatic N) is 2. The molecule has 31 heavy (non-hydrogen) atoms. The number of rotatable bonds is 8. The number of fused-ring (bicyclic) bond motifs is 1. The summed E-state index contributed by atoms with van der Waals surface area (Å²) in [7, 11) is 0. The number of hydrogen-bond acceptors (Lipinski definition) is 3. The summed E-state index contributed by atoms with van der Waals surface area (Å²) >= 11 is 0. The van der Waals surface area contributed by atoms with Crippen molar-refractivity contribution in [2.24, 2.45) is 10.9 Å². The second kappa shape index (κ2) is 10.3. The van der Waals surface area contributed by atoms with E-state index >= 15 is 0 Å². The fourth-order valence-electron chi connectivity index (χ4n) is 4.24. The first-order valence-electron chi connectivity index (χ1n) is 11.3. The molecule has 6 nitrogen and oxygen atoms in total. The molecule has 1 saturated heterocycles. The zero-order valence-corrected chi connectivity index (χ0v) is 18.2. The standard InChI is InChI=1S/C25H32N4O2/c1-2-26-25(28-17-22-15-21-10-6-7-11-23(21)31-22)27-16-20-14-24(30)29(18-20)13-12-19-8-4-3-5-9-19/h3-11,20,22H,2,12-18H2,1H3,(H2,26,27,28). The van der Waals surface area contributed by atoms with Crippen LogP contribution in [-0.2, 0) is 17.6 Å². The molecule has 0 saturated carbocycles. The van der Waals surface area contributed by atoms with Gasteiger partial charge in [0.25, 0.3) is 0 Å². The van der Waals surface area contributed by atoms with Gasteiger partial charge in [0.05, 0.1) is 6.54 Å². The fourth-order valence-corrected chi connectivity index (χ4v) is 4.24. The Morgan fingerprint density at radius 3 is 2.71 bits per heavy atom. The number of likely N-dealkylation sites (tertiary alicyclic amines) is 1. The molecule has 0 aliphatic carbocycles. The molecule has 6 heteroatoms. The molecule has 2 aliphatic rings. The van der Waals surface area contributed by atoms with E-state index in [1.807, 2.05) is 35.2 Å². The number of hydrogen-bond donors (Lipinski definition) is 2. The van der Waals surface area contributed by atoms with Crippen molar-refractivity contribution in [3.63, 3.8) is 0 Å². The van der Waals surface area contributed by atoms with E-state index in [9.17, 15) is 4.79 Å². The Bertz CT molecular complexity index is 874. The fraction of sp³-hybridized carbons (Fsp3) is 0.440. The minimum absolute atomic E-state index is 0.114. The lowest BCUT2D eigenvalue weighted by atomic mass is 10.1.